The highest BCUT2D eigenvalue weighted by Gasteiger charge is 2.33. The molecule has 1 aliphatic heterocycles. The lowest BCUT2D eigenvalue weighted by atomic mass is 9.97. The molecule has 0 aromatic heterocycles. The van der Waals surface area contributed by atoms with Crippen LogP contribution in [0.4, 0.5) is 11.4 Å². The van der Waals surface area contributed by atoms with Gasteiger partial charge >= 0.3 is 0 Å². The molecule has 1 heterocycles. The Morgan fingerprint density at radius 1 is 1.13 bits per heavy atom. The zero-order valence-electron chi connectivity index (χ0n) is 16.0. The summed E-state index contributed by atoms with van der Waals surface area (Å²) in [6, 6.07) is 8.53. The van der Waals surface area contributed by atoms with Gasteiger partial charge in [-0.1, -0.05) is 29.3 Å². The number of non-ortho nitro benzene ring substituents is 1. The monoisotopic (exact) mass is 471 g/mol. The first-order valence-corrected chi connectivity index (χ1v) is 11.3. The van der Waals surface area contributed by atoms with E-state index < -0.39 is 14.9 Å². The molecule has 0 aliphatic carbocycles. The summed E-state index contributed by atoms with van der Waals surface area (Å²) in [6.45, 7) is 1.88. The number of nitrogens with one attached hydrogen (secondary N) is 1. The van der Waals surface area contributed by atoms with Crippen LogP contribution < -0.4 is 5.32 Å². The molecule has 160 valence electrons. The minimum Gasteiger partial charge on any atom is -0.326 e. The third kappa shape index (κ3) is 4.75. The number of rotatable bonds is 5. The molecule has 1 fully saturated rings. The second kappa shape index (κ2) is 8.89. The Labute approximate surface area is 184 Å². The van der Waals surface area contributed by atoms with Gasteiger partial charge in [0.25, 0.3) is 5.69 Å². The molecule has 0 bridgehead atoms. The molecule has 3 rings (SSSR count). The number of sulfonamides is 1. The van der Waals surface area contributed by atoms with Crippen LogP contribution in [0.5, 0.6) is 0 Å². The van der Waals surface area contributed by atoms with Gasteiger partial charge in [0.15, 0.2) is 0 Å². The number of hydrogen-bond donors (Lipinski definition) is 1. The summed E-state index contributed by atoms with van der Waals surface area (Å²) in [5.74, 6) is -0.589. The summed E-state index contributed by atoms with van der Waals surface area (Å²) < 4.78 is 27.3. The molecular formula is C19H19Cl2N3O5S. The zero-order chi connectivity index (χ0) is 22.1. The maximum Gasteiger partial charge on any atom is 0.270 e. The van der Waals surface area contributed by atoms with Crippen molar-refractivity contribution in [1.82, 2.24) is 4.31 Å². The second-order valence-corrected chi connectivity index (χ2v) is 9.72. The summed E-state index contributed by atoms with van der Waals surface area (Å²) in [5.41, 5.74) is 0.659. The highest BCUT2D eigenvalue weighted by Crippen LogP contribution is 2.29. The van der Waals surface area contributed by atoms with Crippen molar-refractivity contribution in [2.45, 2.75) is 24.7 Å². The van der Waals surface area contributed by atoms with Crippen molar-refractivity contribution in [2.75, 3.05) is 18.4 Å². The van der Waals surface area contributed by atoms with Gasteiger partial charge in [-0.15, -0.1) is 0 Å². The molecule has 1 aliphatic rings. The average Bonchev–Trinajstić information content (AvgIpc) is 2.70. The third-order valence-corrected chi connectivity index (χ3v) is 7.79. The summed E-state index contributed by atoms with van der Waals surface area (Å²) in [6.07, 6.45) is 0.667. The number of amides is 1. The van der Waals surface area contributed by atoms with Crippen LogP contribution in [0.25, 0.3) is 0 Å². The zero-order valence-corrected chi connectivity index (χ0v) is 18.3. The fourth-order valence-corrected chi connectivity index (χ4v) is 5.31. The lowest BCUT2D eigenvalue weighted by molar-refractivity contribution is -0.385. The Hall–Kier alpha value is -2.20. The van der Waals surface area contributed by atoms with Gasteiger partial charge in [0.1, 0.15) is 0 Å². The molecule has 30 heavy (non-hydrogen) atoms. The van der Waals surface area contributed by atoms with E-state index in [1.54, 1.807) is 25.1 Å². The number of nitro benzene ring substituents is 1. The maximum atomic E-state index is 13.0. The molecule has 0 spiro atoms. The van der Waals surface area contributed by atoms with Crippen LogP contribution in [-0.2, 0) is 14.8 Å². The Balaban J connectivity index is 1.68. The van der Waals surface area contributed by atoms with E-state index in [0.717, 1.165) is 6.07 Å². The first-order valence-electron chi connectivity index (χ1n) is 9.10. The predicted molar refractivity (Wildman–Crippen MR) is 114 cm³/mol. The fourth-order valence-electron chi connectivity index (χ4n) is 3.30. The Morgan fingerprint density at radius 3 is 2.40 bits per heavy atom. The standard InChI is InChI=1S/C19H19Cl2N3O5S/c1-12-2-4-15(24(26)27)11-18(12)30(28,29)23-8-6-13(7-9-23)19(25)22-14-3-5-16(20)17(21)10-14/h2-5,10-11,13H,6-9H2,1H3,(H,22,25). The summed E-state index contributed by atoms with van der Waals surface area (Å²) >= 11 is 11.8. The van der Waals surface area contributed by atoms with Gasteiger partial charge in [0.05, 0.1) is 19.9 Å². The van der Waals surface area contributed by atoms with Gasteiger partial charge in [0, 0.05) is 36.8 Å². The van der Waals surface area contributed by atoms with E-state index >= 15 is 0 Å². The van der Waals surface area contributed by atoms with Gasteiger partial charge < -0.3 is 5.32 Å². The molecule has 0 saturated carbocycles. The normalized spacial score (nSPS) is 15.7. The molecular weight excluding hydrogens is 453 g/mol. The molecule has 2 aromatic carbocycles. The minimum absolute atomic E-state index is 0.0876. The van der Waals surface area contributed by atoms with Crippen molar-refractivity contribution in [1.29, 1.82) is 0 Å². The molecule has 1 amide bonds. The van der Waals surface area contributed by atoms with Crippen molar-refractivity contribution >= 4 is 50.5 Å². The number of anilines is 1. The van der Waals surface area contributed by atoms with E-state index in [0.29, 0.717) is 34.1 Å². The highest BCUT2D eigenvalue weighted by molar-refractivity contribution is 7.89. The van der Waals surface area contributed by atoms with Crippen LogP contribution in [0.3, 0.4) is 0 Å². The number of piperidine rings is 1. The van der Waals surface area contributed by atoms with Gasteiger partial charge in [-0.2, -0.15) is 4.31 Å². The van der Waals surface area contributed by atoms with E-state index in [9.17, 15) is 23.3 Å². The number of nitro groups is 1. The van der Waals surface area contributed by atoms with Crippen molar-refractivity contribution in [3.05, 3.63) is 62.1 Å². The van der Waals surface area contributed by atoms with Crippen LogP contribution in [0.2, 0.25) is 10.0 Å². The first-order chi connectivity index (χ1) is 14.1. The van der Waals surface area contributed by atoms with Crippen molar-refractivity contribution in [2.24, 2.45) is 5.92 Å². The molecule has 0 radical (unpaired) electrons. The Bertz CT molecular complexity index is 1100. The number of aryl methyl sites for hydroxylation is 1. The molecule has 0 atom stereocenters. The van der Waals surface area contributed by atoms with Crippen molar-refractivity contribution in [3.63, 3.8) is 0 Å². The van der Waals surface area contributed by atoms with E-state index in [4.69, 9.17) is 23.2 Å². The number of halogens is 2. The first kappa shape index (κ1) is 22.5. The fraction of sp³-hybridized carbons (Fsp3) is 0.316. The van der Waals surface area contributed by atoms with Crippen molar-refractivity contribution < 1.29 is 18.1 Å². The largest absolute Gasteiger partial charge is 0.326 e. The van der Waals surface area contributed by atoms with Crippen LogP contribution in [0, 0.1) is 23.0 Å². The second-order valence-electron chi connectivity index (χ2n) is 7.00. The van der Waals surface area contributed by atoms with Gasteiger partial charge in [-0.05, 0) is 43.5 Å². The van der Waals surface area contributed by atoms with E-state index in [2.05, 4.69) is 5.32 Å². The van der Waals surface area contributed by atoms with Crippen LogP contribution >= 0.6 is 23.2 Å². The number of carbonyl (C=O) groups excluding carboxylic acids is 1. The van der Waals surface area contributed by atoms with Gasteiger partial charge in [0.2, 0.25) is 15.9 Å². The van der Waals surface area contributed by atoms with Crippen LogP contribution in [0.1, 0.15) is 18.4 Å². The van der Waals surface area contributed by atoms with Gasteiger partial charge in [-0.3, -0.25) is 14.9 Å². The molecule has 0 unspecified atom stereocenters. The molecule has 8 nitrogen and oxygen atoms in total. The number of carbonyl (C=O) groups is 1. The highest BCUT2D eigenvalue weighted by atomic mass is 35.5. The minimum atomic E-state index is -3.90. The predicted octanol–water partition coefficient (Wildman–Crippen LogP) is 4.25. The lowest BCUT2D eigenvalue weighted by Gasteiger charge is -2.30. The molecule has 11 heteroatoms. The van der Waals surface area contributed by atoms with E-state index in [1.807, 2.05) is 0 Å². The van der Waals surface area contributed by atoms with Crippen LogP contribution in [0.15, 0.2) is 41.3 Å². The SMILES string of the molecule is Cc1ccc([N+](=O)[O-])cc1S(=O)(=O)N1CCC(C(=O)Nc2ccc(Cl)c(Cl)c2)CC1. The number of benzene rings is 2. The average molecular weight is 472 g/mol. The number of nitrogens with zero attached hydrogens (tertiary/aromatic N) is 2. The van der Waals surface area contributed by atoms with E-state index in [-0.39, 0.29) is 35.5 Å². The Kier molecular flexibility index (Phi) is 6.66. The topological polar surface area (TPSA) is 110 Å². The molecule has 1 N–H and O–H groups in total. The van der Waals surface area contributed by atoms with Crippen molar-refractivity contribution in [3.8, 4) is 0 Å². The molecule has 1 saturated heterocycles. The third-order valence-electron chi connectivity index (χ3n) is 5.01. The van der Waals surface area contributed by atoms with Crippen LogP contribution in [-0.4, -0.2) is 36.6 Å². The number of hydrogen-bond acceptors (Lipinski definition) is 5. The lowest BCUT2D eigenvalue weighted by Crippen LogP contribution is -2.41. The summed E-state index contributed by atoms with van der Waals surface area (Å²) in [4.78, 5) is 22.8. The van der Waals surface area contributed by atoms with Gasteiger partial charge in [-0.25, -0.2) is 8.42 Å². The summed E-state index contributed by atoms with van der Waals surface area (Å²) in [7, 11) is -3.90. The molecule has 2 aromatic rings. The smallest absolute Gasteiger partial charge is 0.270 e. The van der Waals surface area contributed by atoms with E-state index in [1.165, 1.54) is 16.4 Å². The Morgan fingerprint density at radius 2 is 1.80 bits per heavy atom. The summed E-state index contributed by atoms with van der Waals surface area (Å²) in [5, 5.41) is 14.5. The maximum absolute atomic E-state index is 13.0. The quantitative estimate of drug-likeness (QED) is 0.517.